The SMILES string of the molecule is Cc1cc(Br)cc2[nH]c(C3Cc4ccccc4CN3)nc12. The van der Waals surface area contributed by atoms with Crippen molar-refractivity contribution < 1.29 is 0 Å². The van der Waals surface area contributed by atoms with Crippen molar-refractivity contribution >= 4 is 27.0 Å². The molecule has 0 spiro atoms. The molecule has 0 saturated heterocycles. The lowest BCUT2D eigenvalue weighted by Gasteiger charge is -2.24. The van der Waals surface area contributed by atoms with Gasteiger partial charge in [-0.15, -0.1) is 0 Å². The normalized spacial score (nSPS) is 17.9. The molecular weight excluding hydrogens is 326 g/mol. The molecule has 1 atom stereocenters. The first kappa shape index (κ1) is 13.0. The van der Waals surface area contributed by atoms with E-state index >= 15 is 0 Å². The minimum atomic E-state index is 0.255. The maximum absolute atomic E-state index is 4.81. The molecule has 4 rings (SSSR count). The number of hydrogen-bond acceptors (Lipinski definition) is 2. The predicted molar refractivity (Wildman–Crippen MR) is 88.3 cm³/mol. The predicted octanol–water partition coefficient (Wildman–Crippen LogP) is 4.02. The van der Waals surface area contributed by atoms with E-state index in [0.717, 1.165) is 34.3 Å². The Kier molecular flexibility index (Phi) is 3.08. The summed E-state index contributed by atoms with van der Waals surface area (Å²) in [5.74, 6) is 1.03. The lowest BCUT2D eigenvalue weighted by atomic mass is 9.96. The Morgan fingerprint density at radius 3 is 2.86 bits per heavy atom. The molecule has 0 amide bonds. The molecule has 3 nitrogen and oxygen atoms in total. The number of aryl methyl sites for hydroxylation is 1. The van der Waals surface area contributed by atoms with Gasteiger partial charge in [0.2, 0.25) is 0 Å². The molecule has 0 aliphatic carbocycles. The van der Waals surface area contributed by atoms with Crippen molar-refractivity contribution in [2.45, 2.75) is 25.9 Å². The van der Waals surface area contributed by atoms with Crippen LogP contribution >= 0.6 is 15.9 Å². The Bertz CT molecular complexity index is 822. The van der Waals surface area contributed by atoms with Crippen LogP contribution in [0.1, 0.15) is 28.6 Å². The second-order valence-electron chi connectivity index (χ2n) is 5.65. The highest BCUT2D eigenvalue weighted by atomic mass is 79.9. The summed E-state index contributed by atoms with van der Waals surface area (Å²) < 4.78 is 1.09. The molecule has 1 unspecified atom stereocenters. The number of rotatable bonds is 1. The maximum atomic E-state index is 4.81. The molecule has 2 heterocycles. The molecule has 2 N–H and O–H groups in total. The van der Waals surface area contributed by atoms with Gasteiger partial charge < -0.3 is 10.3 Å². The Hall–Kier alpha value is -1.65. The van der Waals surface area contributed by atoms with E-state index in [2.05, 4.69) is 69.6 Å². The molecule has 3 aromatic rings. The van der Waals surface area contributed by atoms with Crippen molar-refractivity contribution in [1.29, 1.82) is 0 Å². The molecule has 1 aromatic heterocycles. The molecule has 1 aliphatic rings. The van der Waals surface area contributed by atoms with Crippen molar-refractivity contribution in [2.24, 2.45) is 0 Å². The standard InChI is InChI=1S/C17H16BrN3/c1-10-6-13(18)8-14-16(10)21-17(20-14)15-7-11-4-2-3-5-12(11)9-19-15/h2-6,8,15,19H,7,9H2,1H3,(H,20,21). The van der Waals surface area contributed by atoms with Crippen LogP contribution < -0.4 is 5.32 Å². The van der Waals surface area contributed by atoms with Gasteiger partial charge >= 0.3 is 0 Å². The molecule has 0 bridgehead atoms. The number of aromatic amines is 1. The zero-order chi connectivity index (χ0) is 14.4. The molecular formula is C17H16BrN3. The quantitative estimate of drug-likeness (QED) is 0.701. The van der Waals surface area contributed by atoms with Crippen LogP contribution in [0.4, 0.5) is 0 Å². The number of H-pyrrole nitrogens is 1. The Balaban J connectivity index is 1.73. The summed E-state index contributed by atoms with van der Waals surface area (Å²) in [5.41, 5.74) is 6.16. The summed E-state index contributed by atoms with van der Waals surface area (Å²) in [4.78, 5) is 8.29. The Morgan fingerprint density at radius 2 is 2.00 bits per heavy atom. The van der Waals surface area contributed by atoms with E-state index in [1.165, 1.54) is 16.7 Å². The average Bonchev–Trinajstić information content (AvgIpc) is 2.91. The van der Waals surface area contributed by atoms with Crippen LogP contribution in [0.25, 0.3) is 11.0 Å². The number of halogens is 1. The Labute approximate surface area is 131 Å². The van der Waals surface area contributed by atoms with E-state index < -0.39 is 0 Å². The van der Waals surface area contributed by atoms with Crippen LogP contribution in [0.2, 0.25) is 0 Å². The number of nitrogens with one attached hydrogen (secondary N) is 2. The lowest BCUT2D eigenvalue weighted by Crippen LogP contribution is -2.29. The highest BCUT2D eigenvalue weighted by molar-refractivity contribution is 9.10. The van der Waals surface area contributed by atoms with Gasteiger partial charge in [-0.25, -0.2) is 4.98 Å². The van der Waals surface area contributed by atoms with Crippen LogP contribution in [0.5, 0.6) is 0 Å². The first-order valence-electron chi connectivity index (χ1n) is 7.16. The fraction of sp³-hybridized carbons (Fsp3) is 0.235. The molecule has 4 heteroatoms. The van der Waals surface area contributed by atoms with Crippen LogP contribution in [-0.2, 0) is 13.0 Å². The van der Waals surface area contributed by atoms with Crippen LogP contribution in [-0.4, -0.2) is 9.97 Å². The Morgan fingerprint density at radius 1 is 1.19 bits per heavy atom. The first-order chi connectivity index (χ1) is 10.2. The fourth-order valence-corrected chi connectivity index (χ4v) is 3.65. The van der Waals surface area contributed by atoms with Crippen molar-refractivity contribution in [3.63, 3.8) is 0 Å². The first-order valence-corrected chi connectivity index (χ1v) is 7.96. The average molecular weight is 342 g/mol. The van der Waals surface area contributed by atoms with Gasteiger partial charge in [0, 0.05) is 11.0 Å². The van der Waals surface area contributed by atoms with Crippen molar-refractivity contribution in [3.8, 4) is 0 Å². The summed E-state index contributed by atoms with van der Waals surface area (Å²) in [7, 11) is 0. The van der Waals surface area contributed by atoms with Gasteiger partial charge in [-0.3, -0.25) is 0 Å². The van der Waals surface area contributed by atoms with Crippen molar-refractivity contribution in [1.82, 2.24) is 15.3 Å². The second kappa shape index (κ2) is 4.97. The minimum absolute atomic E-state index is 0.255. The van der Waals surface area contributed by atoms with Gasteiger partial charge in [-0.05, 0) is 42.2 Å². The van der Waals surface area contributed by atoms with E-state index in [4.69, 9.17) is 4.98 Å². The summed E-state index contributed by atoms with van der Waals surface area (Å²) in [6.45, 7) is 3.00. The highest BCUT2D eigenvalue weighted by Crippen LogP contribution is 2.28. The monoisotopic (exact) mass is 341 g/mol. The molecule has 2 aromatic carbocycles. The lowest BCUT2D eigenvalue weighted by molar-refractivity contribution is 0.481. The molecule has 0 fully saturated rings. The molecule has 106 valence electrons. The zero-order valence-electron chi connectivity index (χ0n) is 11.8. The van der Waals surface area contributed by atoms with Crippen molar-refractivity contribution in [3.05, 3.63) is 63.4 Å². The smallest absolute Gasteiger partial charge is 0.124 e. The third-order valence-corrected chi connectivity index (χ3v) is 4.63. The van der Waals surface area contributed by atoms with E-state index in [-0.39, 0.29) is 6.04 Å². The van der Waals surface area contributed by atoms with Crippen LogP contribution in [0, 0.1) is 6.92 Å². The molecule has 1 aliphatic heterocycles. The minimum Gasteiger partial charge on any atom is -0.341 e. The summed E-state index contributed by atoms with van der Waals surface area (Å²) in [6, 6.07) is 13.1. The molecule has 0 radical (unpaired) electrons. The van der Waals surface area contributed by atoms with Gasteiger partial charge in [-0.1, -0.05) is 40.2 Å². The van der Waals surface area contributed by atoms with Crippen molar-refractivity contribution in [2.75, 3.05) is 0 Å². The van der Waals surface area contributed by atoms with Gasteiger partial charge in [0.25, 0.3) is 0 Å². The topological polar surface area (TPSA) is 40.7 Å². The number of imidazole rings is 1. The third-order valence-electron chi connectivity index (χ3n) is 4.17. The van der Waals surface area contributed by atoms with E-state index in [0.29, 0.717) is 0 Å². The fourth-order valence-electron chi connectivity index (χ4n) is 3.08. The molecule has 0 saturated carbocycles. The number of fused-ring (bicyclic) bond motifs is 2. The van der Waals surface area contributed by atoms with Gasteiger partial charge in [0.15, 0.2) is 0 Å². The van der Waals surface area contributed by atoms with E-state index in [1.54, 1.807) is 0 Å². The van der Waals surface area contributed by atoms with Gasteiger partial charge in [0.05, 0.1) is 17.1 Å². The zero-order valence-corrected chi connectivity index (χ0v) is 13.4. The van der Waals surface area contributed by atoms with Crippen LogP contribution in [0.15, 0.2) is 40.9 Å². The van der Waals surface area contributed by atoms with Gasteiger partial charge in [0.1, 0.15) is 5.82 Å². The number of hydrogen-bond donors (Lipinski definition) is 2. The molecule has 21 heavy (non-hydrogen) atoms. The summed E-state index contributed by atoms with van der Waals surface area (Å²) in [5, 5.41) is 3.58. The largest absolute Gasteiger partial charge is 0.341 e. The van der Waals surface area contributed by atoms with Gasteiger partial charge in [-0.2, -0.15) is 0 Å². The van der Waals surface area contributed by atoms with E-state index in [9.17, 15) is 0 Å². The van der Waals surface area contributed by atoms with E-state index in [1.807, 2.05) is 0 Å². The number of benzene rings is 2. The summed E-state index contributed by atoms with van der Waals surface area (Å²) >= 11 is 3.55. The third kappa shape index (κ3) is 2.28. The number of aromatic nitrogens is 2. The number of nitrogens with zero attached hydrogens (tertiary/aromatic N) is 1. The second-order valence-corrected chi connectivity index (χ2v) is 6.56. The van der Waals surface area contributed by atoms with Crippen LogP contribution in [0.3, 0.4) is 0 Å². The highest BCUT2D eigenvalue weighted by Gasteiger charge is 2.22. The maximum Gasteiger partial charge on any atom is 0.124 e. The summed E-state index contributed by atoms with van der Waals surface area (Å²) in [6.07, 6.45) is 0.982.